The second-order valence-electron chi connectivity index (χ2n) is 6.25. The zero-order chi connectivity index (χ0) is 20.4. The van der Waals surface area contributed by atoms with Crippen molar-refractivity contribution < 1.29 is 18.8 Å². The molecule has 0 bridgehead atoms. The van der Waals surface area contributed by atoms with E-state index in [1.165, 1.54) is 18.2 Å². The van der Waals surface area contributed by atoms with E-state index < -0.39 is 17.6 Å². The molecule has 0 fully saturated rings. The first-order chi connectivity index (χ1) is 13.5. The fourth-order valence-electron chi connectivity index (χ4n) is 2.60. The third kappa shape index (κ3) is 7.19. The number of halogens is 1. The van der Waals surface area contributed by atoms with Crippen LogP contribution in [0.4, 0.5) is 4.39 Å². The molecule has 0 aliphatic heterocycles. The van der Waals surface area contributed by atoms with Gasteiger partial charge in [0, 0.05) is 13.1 Å². The predicted octanol–water partition coefficient (Wildman–Crippen LogP) is 1.65. The lowest BCUT2D eigenvalue weighted by molar-refractivity contribution is -0.133. The normalized spacial score (nSPS) is 10.2. The molecule has 0 aliphatic carbocycles. The Morgan fingerprint density at radius 3 is 2.25 bits per heavy atom. The molecule has 0 atom stereocenters. The average Bonchev–Trinajstić information content (AvgIpc) is 2.69. The van der Waals surface area contributed by atoms with Crippen LogP contribution in [-0.4, -0.2) is 42.3 Å². The summed E-state index contributed by atoms with van der Waals surface area (Å²) in [4.78, 5) is 37.6. The lowest BCUT2D eigenvalue weighted by atomic mass is 10.1. The van der Waals surface area contributed by atoms with Gasteiger partial charge in [-0.25, -0.2) is 4.39 Å². The number of nitrogens with one attached hydrogen (secondary N) is 2. The van der Waals surface area contributed by atoms with Gasteiger partial charge < -0.3 is 15.5 Å². The van der Waals surface area contributed by atoms with Crippen molar-refractivity contribution in [2.24, 2.45) is 0 Å². The first-order valence-corrected chi connectivity index (χ1v) is 9.07. The Balaban J connectivity index is 1.71. The first-order valence-electron chi connectivity index (χ1n) is 9.07. The van der Waals surface area contributed by atoms with Gasteiger partial charge in [-0.3, -0.25) is 14.4 Å². The highest BCUT2D eigenvalue weighted by molar-refractivity contribution is 5.88. The summed E-state index contributed by atoms with van der Waals surface area (Å²) < 4.78 is 13.1. The minimum absolute atomic E-state index is 0.0232. The number of rotatable bonds is 9. The van der Waals surface area contributed by atoms with Crippen LogP contribution in [-0.2, 0) is 27.3 Å². The van der Waals surface area contributed by atoms with Crippen molar-refractivity contribution in [3.05, 3.63) is 71.5 Å². The average molecular weight is 385 g/mol. The van der Waals surface area contributed by atoms with Crippen LogP contribution in [0.25, 0.3) is 0 Å². The van der Waals surface area contributed by atoms with Crippen molar-refractivity contribution in [3.63, 3.8) is 0 Å². The molecule has 2 aromatic rings. The standard InChI is InChI=1S/C21H24FN3O3/c1-2-25(15-16-7-4-3-5-8-16)21(28)14-24-20(27)13-23-19(26)12-17-9-6-10-18(22)11-17/h3-11H,2,12-15H2,1H3,(H,23,26)(H,24,27). The maximum atomic E-state index is 13.1. The van der Waals surface area contributed by atoms with Gasteiger partial charge >= 0.3 is 0 Å². The molecular formula is C21H24FN3O3. The smallest absolute Gasteiger partial charge is 0.242 e. The quantitative estimate of drug-likeness (QED) is 0.689. The summed E-state index contributed by atoms with van der Waals surface area (Å²) in [7, 11) is 0. The second-order valence-corrected chi connectivity index (χ2v) is 6.25. The Morgan fingerprint density at radius 1 is 0.893 bits per heavy atom. The van der Waals surface area contributed by atoms with E-state index in [-0.39, 0.29) is 25.4 Å². The summed E-state index contributed by atoms with van der Waals surface area (Å²) in [6.07, 6.45) is -0.0232. The maximum Gasteiger partial charge on any atom is 0.242 e. The molecule has 2 N–H and O–H groups in total. The van der Waals surface area contributed by atoms with Crippen molar-refractivity contribution in [2.75, 3.05) is 19.6 Å². The molecule has 7 heteroatoms. The number of likely N-dealkylation sites (N-methyl/N-ethyl adjacent to an activating group) is 1. The molecule has 0 aliphatic rings. The van der Waals surface area contributed by atoms with Gasteiger partial charge in [-0.15, -0.1) is 0 Å². The van der Waals surface area contributed by atoms with Gasteiger partial charge in [-0.1, -0.05) is 42.5 Å². The van der Waals surface area contributed by atoms with Crippen LogP contribution in [0.15, 0.2) is 54.6 Å². The fourth-order valence-corrected chi connectivity index (χ4v) is 2.60. The largest absolute Gasteiger partial charge is 0.347 e. The van der Waals surface area contributed by atoms with E-state index in [4.69, 9.17) is 0 Å². The van der Waals surface area contributed by atoms with Crippen LogP contribution in [0.5, 0.6) is 0 Å². The highest BCUT2D eigenvalue weighted by Gasteiger charge is 2.14. The Hall–Kier alpha value is -3.22. The predicted molar refractivity (Wildman–Crippen MR) is 104 cm³/mol. The molecule has 0 unspecified atom stereocenters. The SMILES string of the molecule is CCN(Cc1ccccc1)C(=O)CNC(=O)CNC(=O)Cc1cccc(F)c1. The molecule has 0 saturated carbocycles. The molecule has 3 amide bonds. The van der Waals surface area contributed by atoms with Gasteiger partial charge in [-0.2, -0.15) is 0 Å². The van der Waals surface area contributed by atoms with Crippen molar-refractivity contribution in [3.8, 4) is 0 Å². The van der Waals surface area contributed by atoms with Gasteiger partial charge in [0.1, 0.15) is 5.82 Å². The molecule has 2 aromatic carbocycles. The van der Waals surface area contributed by atoms with E-state index in [1.54, 1.807) is 11.0 Å². The highest BCUT2D eigenvalue weighted by Crippen LogP contribution is 2.05. The van der Waals surface area contributed by atoms with E-state index in [0.717, 1.165) is 5.56 Å². The van der Waals surface area contributed by atoms with Crippen molar-refractivity contribution in [1.29, 1.82) is 0 Å². The highest BCUT2D eigenvalue weighted by atomic mass is 19.1. The number of hydrogen-bond donors (Lipinski definition) is 2. The van der Waals surface area contributed by atoms with Crippen LogP contribution in [0, 0.1) is 5.82 Å². The first kappa shape index (κ1) is 21.1. The van der Waals surface area contributed by atoms with E-state index in [1.807, 2.05) is 37.3 Å². The van der Waals surface area contributed by atoms with Gasteiger partial charge in [-0.05, 0) is 30.2 Å². The summed E-state index contributed by atoms with van der Waals surface area (Å²) in [5, 5.41) is 4.97. The lowest BCUT2D eigenvalue weighted by Crippen LogP contribution is -2.43. The van der Waals surface area contributed by atoms with Crippen molar-refractivity contribution >= 4 is 17.7 Å². The number of benzene rings is 2. The number of amides is 3. The van der Waals surface area contributed by atoms with Crippen LogP contribution in [0.3, 0.4) is 0 Å². The van der Waals surface area contributed by atoms with Crippen molar-refractivity contribution in [1.82, 2.24) is 15.5 Å². The Bertz CT molecular complexity index is 812. The zero-order valence-corrected chi connectivity index (χ0v) is 15.8. The molecule has 0 spiro atoms. The minimum atomic E-state index is -0.461. The van der Waals surface area contributed by atoms with Crippen LogP contribution in [0.1, 0.15) is 18.1 Å². The molecule has 148 valence electrons. The monoisotopic (exact) mass is 385 g/mol. The molecule has 0 radical (unpaired) electrons. The number of nitrogens with zero attached hydrogens (tertiary/aromatic N) is 1. The number of carbonyl (C=O) groups is 3. The Morgan fingerprint density at radius 2 is 1.57 bits per heavy atom. The molecular weight excluding hydrogens is 361 g/mol. The van der Waals surface area contributed by atoms with Crippen LogP contribution >= 0.6 is 0 Å². The van der Waals surface area contributed by atoms with Gasteiger partial charge in [0.25, 0.3) is 0 Å². The fraction of sp³-hybridized carbons (Fsp3) is 0.286. The van der Waals surface area contributed by atoms with E-state index >= 15 is 0 Å². The summed E-state index contributed by atoms with van der Waals surface area (Å²) in [6, 6.07) is 15.3. The molecule has 0 heterocycles. The minimum Gasteiger partial charge on any atom is -0.347 e. The lowest BCUT2D eigenvalue weighted by Gasteiger charge is -2.21. The number of hydrogen-bond acceptors (Lipinski definition) is 3. The van der Waals surface area contributed by atoms with E-state index in [0.29, 0.717) is 18.7 Å². The Kier molecular flexibility index (Phi) is 8.14. The van der Waals surface area contributed by atoms with Gasteiger partial charge in [0.2, 0.25) is 17.7 Å². The number of carbonyl (C=O) groups excluding carboxylic acids is 3. The summed E-state index contributed by atoms with van der Waals surface area (Å²) >= 11 is 0. The molecule has 0 aromatic heterocycles. The second kappa shape index (κ2) is 10.8. The van der Waals surface area contributed by atoms with Gasteiger partial charge in [0.05, 0.1) is 19.5 Å². The zero-order valence-electron chi connectivity index (χ0n) is 15.8. The summed E-state index contributed by atoms with van der Waals surface area (Å²) in [6.45, 7) is 2.48. The molecule has 2 rings (SSSR count). The Labute approximate surface area is 163 Å². The van der Waals surface area contributed by atoms with Crippen molar-refractivity contribution in [2.45, 2.75) is 19.9 Å². The van der Waals surface area contributed by atoms with Crippen LogP contribution < -0.4 is 10.6 Å². The summed E-state index contributed by atoms with van der Waals surface area (Å²) in [5.41, 5.74) is 1.53. The molecule has 0 saturated heterocycles. The molecule has 6 nitrogen and oxygen atoms in total. The topological polar surface area (TPSA) is 78.5 Å². The van der Waals surface area contributed by atoms with Crippen LogP contribution in [0.2, 0.25) is 0 Å². The third-order valence-corrected chi connectivity index (χ3v) is 4.09. The van der Waals surface area contributed by atoms with Gasteiger partial charge in [0.15, 0.2) is 0 Å². The van der Waals surface area contributed by atoms with E-state index in [9.17, 15) is 18.8 Å². The summed E-state index contributed by atoms with van der Waals surface area (Å²) in [5.74, 6) is -1.48. The third-order valence-electron chi connectivity index (χ3n) is 4.09. The van der Waals surface area contributed by atoms with E-state index in [2.05, 4.69) is 10.6 Å². The maximum absolute atomic E-state index is 13.1. The molecule has 28 heavy (non-hydrogen) atoms.